The monoisotopic (exact) mass is 461 g/mol. The SMILES string of the molecule is CCCCCCN1CCC(N(Cc2ccccc2)C(=O)Nc2cccc(C(F)(F)F)c2)CC1. The summed E-state index contributed by atoms with van der Waals surface area (Å²) in [6.07, 6.45) is 2.19. The highest BCUT2D eigenvalue weighted by molar-refractivity contribution is 5.89. The van der Waals surface area contributed by atoms with Gasteiger partial charge in [0.2, 0.25) is 0 Å². The molecule has 1 heterocycles. The Bertz CT molecular complexity index is 865. The van der Waals surface area contributed by atoms with Crippen molar-refractivity contribution in [3.8, 4) is 0 Å². The molecule has 0 aromatic heterocycles. The number of carbonyl (C=O) groups is 1. The predicted octanol–water partition coefficient (Wildman–Crippen LogP) is 6.78. The van der Waals surface area contributed by atoms with Crippen LogP contribution in [-0.2, 0) is 12.7 Å². The molecular formula is C26H34F3N3O. The highest BCUT2D eigenvalue weighted by Crippen LogP contribution is 2.31. The van der Waals surface area contributed by atoms with Crippen LogP contribution in [0.25, 0.3) is 0 Å². The zero-order valence-corrected chi connectivity index (χ0v) is 19.3. The normalized spacial score (nSPS) is 15.4. The molecule has 7 heteroatoms. The summed E-state index contributed by atoms with van der Waals surface area (Å²) in [6.45, 7) is 5.57. The quantitative estimate of drug-likeness (QED) is 0.418. The number of alkyl halides is 3. The predicted molar refractivity (Wildman–Crippen MR) is 126 cm³/mol. The number of carbonyl (C=O) groups excluding carboxylic acids is 1. The summed E-state index contributed by atoms with van der Waals surface area (Å²) >= 11 is 0. The molecule has 0 saturated carbocycles. The van der Waals surface area contributed by atoms with E-state index in [1.54, 1.807) is 4.90 Å². The second-order valence-electron chi connectivity index (χ2n) is 8.76. The van der Waals surface area contributed by atoms with Crippen LogP contribution >= 0.6 is 0 Å². The fourth-order valence-electron chi connectivity index (χ4n) is 4.33. The first-order valence-corrected chi connectivity index (χ1v) is 11.9. The molecule has 2 amide bonds. The standard InChI is InChI=1S/C26H34F3N3O/c1-2-3-4-8-16-31-17-14-24(15-18-31)32(20-21-10-6-5-7-11-21)25(33)30-23-13-9-12-22(19-23)26(27,28)29/h5-7,9-13,19,24H,2-4,8,14-18,20H2,1H3,(H,30,33). The van der Waals surface area contributed by atoms with Gasteiger partial charge in [-0.3, -0.25) is 0 Å². The third-order valence-corrected chi connectivity index (χ3v) is 6.22. The number of urea groups is 1. The van der Waals surface area contributed by atoms with Gasteiger partial charge in [0.1, 0.15) is 0 Å². The number of hydrogen-bond donors (Lipinski definition) is 1. The van der Waals surface area contributed by atoms with Crippen LogP contribution in [0.2, 0.25) is 0 Å². The lowest BCUT2D eigenvalue weighted by Crippen LogP contribution is -2.48. The highest BCUT2D eigenvalue weighted by Gasteiger charge is 2.31. The minimum atomic E-state index is -4.45. The van der Waals surface area contributed by atoms with Crippen molar-refractivity contribution in [2.24, 2.45) is 0 Å². The number of likely N-dealkylation sites (tertiary alicyclic amines) is 1. The van der Waals surface area contributed by atoms with E-state index in [9.17, 15) is 18.0 Å². The maximum Gasteiger partial charge on any atom is 0.416 e. The van der Waals surface area contributed by atoms with Crippen LogP contribution in [0.5, 0.6) is 0 Å². The second-order valence-corrected chi connectivity index (χ2v) is 8.76. The van der Waals surface area contributed by atoms with Gasteiger partial charge < -0.3 is 15.1 Å². The number of anilines is 1. The highest BCUT2D eigenvalue weighted by atomic mass is 19.4. The van der Waals surface area contributed by atoms with Crippen molar-refractivity contribution in [1.82, 2.24) is 9.80 Å². The molecule has 0 radical (unpaired) electrons. The van der Waals surface area contributed by atoms with Crippen LogP contribution in [0.15, 0.2) is 54.6 Å². The Balaban J connectivity index is 1.67. The lowest BCUT2D eigenvalue weighted by Gasteiger charge is -2.38. The topological polar surface area (TPSA) is 35.6 Å². The maximum atomic E-state index is 13.2. The van der Waals surface area contributed by atoms with Crippen LogP contribution in [0.3, 0.4) is 0 Å². The van der Waals surface area contributed by atoms with E-state index in [1.165, 1.54) is 37.8 Å². The summed E-state index contributed by atoms with van der Waals surface area (Å²) in [7, 11) is 0. The van der Waals surface area contributed by atoms with E-state index in [0.29, 0.717) is 6.54 Å². The number of rotatable bonds is 9. The van der Waals surface area contributed by atoms with Crippen molar-refractivity contribution in [1.29, 1.82) is 0 Å². The van der Waals surface area contributed by atoms with E-state index in [-0.39, 0.29) is 17.8 Å². The number of unbranched alkanes of at least 4 members (excludes halogenated alkanes) is 3. The minimum Gasteiger partial charge on any atom is -0.317 e. The number of nitrogens with one attached hydrogen (secondary N) is 1. The maximum absolute atomic E-state index is 13.2. The third-order valence-electron chi connectivity index (χ3n) is 6.22. The molecule has 0 spiro atoms. The van der Waals surface area contributed by atoms with Gasteiger partial charge in [0.15, 0.2) is 0 Å². The van der Waals surface area contributed by atoms with Crippen molar-refractivity contribution in [3.63, 3.8) is 0 Å². The second kappa shape index (κ2) is 12.1. The fourth-order valence-corrected chi connectivity index (χ4v) is 4.33. The van der Waals surface area contributed by atoms with E-state index >= 15 is 0 Å². The number of piperidine rings is 1. The number of benzene rings is 2. The van der Waals surface area contributed by atoms with E-state index in [2.05, 4.69) is 17.1 Å². The fraction of sp³-hybridized carbons (Fsp3) is 0.500. The lowest BCUT2D eigenvalue weighted by molar-refractivity contribution is -0.137. The molecule has 33 heavy (non-hydrogen) atoms. The summed E-state index contributed by atoms with van der Waals surface area (Å²) < 4.78 is 39.2. The van der Waals surface area contributed by atoms with E-state index in [4.69, 9.17) is 0 Å². The van der Waals surface area contributed by atoms with Crippen LogP contribution in [0, 0.1) is 0 Å². The van der Waals surface area contributed by atoms with Gasteiger partial charge in [0, 0.05) is 31.4 Å². The van der Waals surface area contributed by atoms with E-state index in [0.717, 1.165) is 50.2 Å². The lowest BCUT2D eigenvalue weighted by atomic mass is 10.0. The summed E-state index contributed by atoms with van der Waals surface area (Å²) in [5, 5.41) is 2.70. The van der Waals surface area contributed by atoms with Crippen molar-refractivity contribution in [2.75, 3.05) is 25.0 Å². The molecule has 1 fully saturated rings. The van der Waals surface area contributed by atoms with Crippen molar-refractivity contribution in [3.05, 3.63) is 65.7 Å². The molecule has 1 N–H and O–H groups in total. The molecule has 1 aliphatic heterocycles. The average Bonchev–Trinajstić information content (AvgIpc) is 2.81. The summed E-state index contributed by atoms with van der Waals surface area (Å²) in [5.74, 6) is 0. The smallest absolute Gasteiger partial charge is 0.317 e. The molecule has 4 nitrogen and oxygen atoms in total. The van der Waals surface area contributed by atoms with Crippen molar-refractivity contribution >= 4 is 11.7 Å². The summed E-state index contributed by atoms with van der Waals surface area (Å²) in [4.78, 5) is 17.5. The van der Waals surface area contributed by atoms with Crippen LogP contribution in [0.1, 0.15) is 56.6 Å². The van der Waals surface area contributed by atoms with Crippen LogP contribution in [-0.4, -0.2) is 41.5 Å². The molecule has 0 bridgehead atoms. The van der Waals surface area contributed by atoms with Gasteiger partial charge >= 0.3 is 12.2 Å². The van der Waals surface area contributed by atoms with Gasteiger partial charge in [0.25, 0.3) is 0 Å². The van der Waals surface area contributed by atoms with Gasteiger partial charge in [-0.15, -0.1) is 0 Å². The molecule has 0 unspecified atom stereocenters. The van der Waals surface area contributed by atoms with E-state index < -0.39 is 11.7 Å². The molecular weight excluding hydrogens is 427 g/mol. The van der Waals surface area contributed by atoms with Gasteiger partial charge in [-0.2, -0.15) is 13.2 Å². The van der Waals surface area contributed by atoms with Gasteiger partial charge in [-0.1, -0.05) is 62.6 Å². The Morgan fingerprint density at radius 1 is 1.03 bits per heavy atom. The molecule has 2 aromatic carbocycles. The number of halogens is 3. The van der Waals surface area contributed by atoms with Gasteiger partial charge in [-0.25, -0.2) is 4.79 Å². The zero-order valence-electron chi connectivity index (χ0n) is 19.3. The molecule has 2 aromatic rings. The first kappa shape index (κ1) is 25.1. The zero-order chi connectivity index (χ0) is 23.7. The Morgan fingerprint density at radius 3 is 2.42 bits per heavy atom. The number of amides is 2. The Hall–Kier alpha value is -2.54. The average molecular weight is 462 g/mol. The molecule has 180 valence electrons. The van der Waals surface area contributed by atoms with Crippen molar-refractivity contribution < 1.29 is 18.0 Å². The minimum absolute atomic E-state index is 0.0443. The molecule has 0 aliphatic carbocycles. The van der Waals surface area contributed by atoms with Crippen LogP contribution in [0.4, 0.5) is 23.7 Å². The molecule has 3 rings (SSSR count). The Kier molecular flexibility index (Phi) is 9.18. The Morgan fingerprint density at radius 2 is 1.76 bits per heavy atom. The summed E-state index contributed by atoms with van der Waals surface area (Å²) in [5.41, 5.74) is 0.381. The summed E-state index contributed by atoms with van der Waals surface area (Å²) in [6, 6.07) is 14.2. The van der Waals surface area contributed by atoms with Crippen LogP contribution < -0.4 is 5.32 Å². The first-order valence-electron chi connectivity index (χ1n) is 11.9. The van der Waals surface area contributed by atoms with Gasteiger partial charge in [-0.05, 0) is 49.6 Å². The molecule has 1 aliphatic rings. The number of hydrogen-bond acceptors (Lipinski definition) is 2. The first-order chi connectivity index (χ1) is 15.9. The molecule has 0 atom stereocenters. The third kappa shape index (κ3) is 7.77. The Labute approximate surface area is 194 Å². The molecule has 1 saturated heterocycles. The van der Waals surface area contributed by atoms with Gasteiger partial charge in [0.05, 0.1) is 5.56 Å². The van der Waals surface area contributed by atoms with E-state index in [1.807, 2.05) is 30.3 Å². The van der Waals surface area contributed by atoms with Crippen molar-refractivity contribution in [2.45, 2.75) is 64.2 Å². The largest absolute Gasteiger partial charge is 0.416 e. The number of nitrogens with zero attached hydrogens (tertiary/aromatic N) is 2.